The second kappa shape index (κ2) is 5.87. The monoisotopic (exact) mass is 283 g/mol. The Morgan fingerprint density at radius 2 is 2.25 bits per heavy atom. The van der Waals surface area contributed by atoms with Gasteiger partial charge in [0.05, 0.1) is 20.3 Å². The molecule has 1 unspecified atom stereocenters. The van der Waals surface area contributed by atoms with Gasteiger partial charge >= 0.3 is 5.97 Å². The van der Waals surface area contributed by atoms with Crippen LogP contribution < -0.4 is 4.74 Å². The molecule has 0 radical (unpaired) electrons. The van der Waals surface area contributed by atoms with E-state index in [4.69, 9.17) is 14.6 Å². The SMILES string of the molecule is COc1ccc(C(=O)N2CCOCC2C(=O)O)cc1F. The van der Waals surface area contributed by atoms with Gasteiger partial charge in [-0.1, -0.05) is 0 Å². The van der Waals surface area contributed by atoms with E-state index < -0.39 is 23.7 Å². The number of morpholine rings is 1. The molecule has 1 aromatic carbocycles. The average molecular weight is 283 g/mol. The van der Waals surface area contributed by atoms with E-state index in [-0.39, 0.29) is 31.1 Å². The highest BCUT2D eigenvalue weighted by Crippen LogP contribution is 2.20. The minimum absolute atomic E-state index is 0.0262. The second-order valence-electron chi connectivity index (χ2n) is 4.28. The van der Waals surface area contributed by atoms with Gasteiger partial charge < -0.3 is 19.5 Å². The Bertz CT molecular complexity index is 533. The van der Waals surface area contributed by atoms with Gasteiger partial charge in [0, 0.05) is 12.1 Å². The van der Waals surface area contributed by atoms with Crippen LogP contribution in [0, 0.1) is 5.82 Å². The highest BCUT2D eigenvalue weighted by Gasteiger charge is 2.33. The van der Waals surface area contributed by atoms with E-state index in [1.54, 1.807) is 0 Å². The summed E-state index contributed by atoms with van der Waals surface area (Å²) in [4.78, 5) is 24.5. The predicted molar refractivity (Wildman–Crippen MR) is 66.2 cm³/mol. The van der Waals surface area contributed by atoms with Gasteiger partial charge in [-0.05, 0) is 18.2 Å². The quantitative estimate of drug-likeness (QED) is 0.886. The van der Waals surface area contributed by atoms with Crippen LogP contribution in [0.1, 0.15) is 10.4 Å². The van der Waals surface area contributed by atoms with Gasteiger partial charge in [-0.3, -0.25) is 4.79 Å². The Morgan fingerprint density at radius 3 is 2.85 bits per heavy atom. The Kier molecular flexibility index (Phi) is 4.19. The molecule has 1 fully saturated rings. The number of hydrogen-bond acceptors (Lipinski definition) is 4. The molecule has 7 heteroatoms. The van der Waals surface area contributed by atoms with Crippen LogP contribution in [0.3, 0.4) is 0 Å². The first-order valence-electron chi connectivity index (χ1n) is 5.99. The van der Waals surface area contributed by atoms with Crippen LogP contribution in [0.15, 0.2) is 18.2 Å². The average Bonchev–Trinajstić information content (AvgIpc) is 2.46. The van der Waals surface area contributed by atoms with Crippen LogP contribution in [0.2, 0.25) is 0 Å². The summed E-state index contributed by atoms with van der Waals surface area (Å²) in [6.45, 7) is 0.345. The molecule has 1 aromatic rings. The summed E-state index contributed by atoms with van der Waals surface area (Å²) in [7, 11) is 1.32. The lowest BCUT2D eigenvalue weighted by Crippen LogP contribution is -2.52. The number of carboxylic acids is 1. The van der Waals surface area contributed by atoms with E-state index in [9.17, 15) is 14.0 Å². The first-order chi connectivity index (χ1) is 9.54. The largest absolute Gasteiger partial charge is 0.494 e. The number of aliphatic carboxylic acids is 1. The van der Waals surface area contributed by atoms with Crippen LogP contribution in [-0.2, 0) is 9.53 Å². The number of ether oxygens (including phenoxy) is 2. The number of hydrogen-bond donors (Lipinski definition) is 1. The van der Waals surface area contributed by atoms with Crippen molar-refractivity contribution in [3.8, 4) is 5.75 Å². The number of benzene rings is 1. The fourth-order valence-corrected chi connectivity index (χ4v) is 2.02. The van der Waals surface area contributed by atoms with E-state index in [0.717, 1.165) is 6.07 Å². The zero-order valence-electron chi connectivity index (χ0n) is 10.8. The number of carbonyl (C=O) groups excluding carboxylic acids is 1. The fraction of sp³-hybridized carbons (Fsp3) is 0.385. The van der Waals surface area contributed by atoms with Crippen molar-refractivity contribution in [1.29, 1.82) is 0 Å². The number of methoxy groups -OCH3 is 1. The molecule has 1 atom stereocenters. The maximum absolute atomic E-state index is 13.6. The highest BCUT2D eigenvalue weighted by atomic mass is 19.1. The van der Waals surface area contributed by atoms with Gasteiger partial charge in [0.25, 0.3) is 5.91 Å². The summed E-state index contributed by atoms with van der Waals surface area (Å²) in [6.07, 6.45) is 0. The fourth-order valence-electron chi connectivity index (χ4n) is 2.02. The molecule has 1 N–H and O–H groups in total. The molecule has 1 aliphatic rings. The summed E-state index contributed by atoms with van der Waals surface area (Å²) in [6, 6.07) is 2.72. The van der Waals surface area contributed by atoms with Crippen molar-refractivity contribution in [3.05, 3.63) is 29.6 Å². The molecule has 20 heavy (non-hydrogen) atoms. The molecular weight excluding hydrogens is 269 g/mol. The second-order valence-corrected chi connectivity index (χ2v) is 4.28. The molecular formula is C13H14FNO5. The summed E-state index contributed by atoms with van der Waals surface area (Å²) in [5.74, 6) is -2.33. The number of carbonyl (C=O) groups is 2. The van der Waals surface area contributed by atoms with Crippen LogP contribution >= 0.6 is 0 Å². The molecule has 2 rings (SSSR count). The van der Waals surface area contributed by atoms with Crippen LogP contribution in [0.4, 0.5) is 4.39 Å². The minimum Gasteiger partial charge on any atom is -0.494 e. The van der Waals surface area contributed by atoms with Gasteiger partial charge in [-0.2, -0.15) is 0 Å². The molecule has 1 aliphatic heterocycles. The van der Waals surface area contributed by atoms with Gasteiger partial charge in [0.15, 0.2) is 17.6 Å². The van der Waals surface area contributed by atoms with Gasteiger partial charge in [-0.15, -0.1) is 0 Å². The van der Waals surface area contributed by atoms with Crippen molar-refractivity contribution in [2.45, 2.75) is 6.04 Å². The maximum atomic E-state index is 13.6. The maximum Gasteiger partial charge on any atom is 0.328 e. The number of rotatable bonds is 3. The molecule has 6 nitrogen and oxygen atoms in total. The zero-order valence-corrected chi connectivity index (χ0v) is 10.8. The first-order valence-corrected chi connectivity index (χ1v) is 5.99. The smallest absolute Gasteiger partial charge is 0.328 e. The zero-order chi connectivity index (χ0) is 14.7. The Hall–Kier alpha value is -2.15. The van der Waals surface area contributed by atoms with Crippen LogP contribution in [0.25, 0.3) is 0 Å². The minimum atomic E-state index is -1.15. The third-order valence-electron chi connectivity index (χ3n) is 3.07. The van der Waals surface area contributed by atoms with Crippen LogP contribution in [0.5, 0.6) is 5.75 Å². The Labute approximate surface area is 114 Å². The molecule has 0 aliphatic carbocycles. The van der Waals surface area contributed by atoms with Crippen molar-refractivity contribution < 1.29 is 28.6 Å². The van der Waals surface area contributed by atoms with E-state index in [1.807, 2.05) is 0 Å². The number of carboxylic acid groups (broad SMARTS) is 1. The molecule has 1 heterocycles. The third-order valence-corrected chi connectivity index (χ3v) is 3.07. The van der Waals surface area contributed by atoms with Crippen molar-refractivity contribution in [2.75, 3.05) is 26.9 Å². The summed E-state index contributed by atoms with van der Waals surface area (Å²) in [5.41, 5.74) is 0.0800. The van der Waals surface area contributed by atoms with Gasteiger partial charge in [0.1, 0.15) is 0 Å². The lowest BCUT2D eigenvalue weighted by atomic mass is 10.1. The highest BCUT2D eigenvalue weighted by molar-refractivity contribution is 5.96. The van der Waals surface area contributed by atoms with E-state index >= 15 is 0 Å². The molecule has 0 spiro atoms. The molecule has 0 saturated carbocycles. The predicted octanol–water partition coefficient (Wildman–Crippen LogP) is 0.760. The molecule has 108 valence electrons. The normalized spacial score (nSPS) is 18.7. The van der Waals surface area contributed by atoms with Gasteiger partial charge in [0.2, 0.25) is 0 Å². The van der Waals surface area contributed by atoms with Crippen molar-refractivity contribution in [1.82, 2.24) is 4.90 Å². The molecule has 1 amide bonds. The Balaban J connectivity index is 2.25. The molecule has 0 bridgehead atoms. The van der Waals surface area contributed by atoms with Crippen molar-refractivity contribution >= 4 is 11.9 Å². The number of halogens is 1. The summed E-state index contributed by atoms with van der Waals surface area (Å²) >= 11 is 0. The third kappa shape index (κ3) is 2.72. The first kappa shape index (κ1) is 14.3. The van der Waals surface area contributed by atoms with Gasteiger partial charge in [-0.25, -0.2) is 9.18 Å². The summed E-state index contributed by atoms with van der Waals surface area (Å²) in [5, 5.41) is 9.07. The molecule has 0 aromatic heterocycles. The topological polar surface area (TPSA) is 76.1 Å². The van der Waals surface area contributed by atoms with Crippen LogP contribution in [-0.4, -0.2) is 54.8 Å². The summed E-state index contributed by atoms with van der Waals surface area (Å²) < 4.78 is 23.4. The number of amides is 1. The van der Waals surface area contributed by atoms with E-state index in [1.165, 1.54) is 24.1 Å². The lowest BCUT2D eigenvalue weighted by Gasteiger charge is -2.32. The van der Waals surface area contributed by atoms with Crippen molar-refractivity contribution in [3.63, 3.8) is 0 Å². The van der Waals surface area contributed by atoms with E-state index in [2.05, 4.69) is 0 Å². The number of nitrogens with zero attached hydrogens (tertiary/aromatic N) is 1. The van der Waals surface area contributed by atoms with E-state index in [0.29, 0.717) is 0 Å². The molecule has 1 saturated heterocycles. The van der Waals surface area contributed by atoms with Crippen molar-refractivity contribution in [2.24, 2.45) is 0 Å². The Morgan fingerprint density at radius 1 is 1.50 bits per heavy atom. The lowest BCUT2D eigenvalue weighted by molar-refractivity contribution is -0.147. The standard InChI is InChI=1S/C13H14FNO5/c1-19-11-3-2-8(6-9(11)14)12(16)15-4-5-20-7-10(15)13(17)18/h2-3,6,10H,4-5,7H2,1H3,(H,17,18).